The Morgan fingerprint density at radius 3 is 2.34 bits per heavy atom. The molecule has 0 amide bonds. The lowest BCUT2D eigenvalue weighted by atomic mass is 9.82. The summed E-state index contributed by atoms with van der Waals surface area (Å²) >= 11 is 0. The molecule has 202 valence electrons. The van der Waals surface area contributed by atoms with E-state index >= 15 is 0 Å². The zero-order valence-electron chi connectivity index (χ0n) is 21.2. The number of ether oxygens (including phenoxy) is 3. The maximum Gasteiger partial charge on any atom is 0.311 e. The molecule has 0 aliphatic carbocycles. The van der Waals surface area contributed by atoms with Gasteiger partial charge < -0.3 is 45.5 Å². The number of carboxylic acids is 1. The van der Waals surface area contributed by atoms with Gasteiger partial charge in [-0.2, -0.15) is 0 Å². The molecule has 0 spiro atoms. The zero-order chi connectivity index (χ0) is 26.5. The maximum absolute atomic E-state index is 12.0. The monoisotopic (exact) mass is 501 g/mol. The van der Waals surface area contributed by atoms with Crippen LogP contribution in [0.1, 0.15) is 53.9 Å². The van der Waals surface area contributed by atoms with E-state index < -0.39 is 66.6 Å². The van der Waals surface area contributed by atoms with E-state index in [0.717, 1.165) is 0 Å². The fraction of sp³-hybridized carbons (Fsp3) is 0.800. The molecule has 0 saturated carbocycles. The van der Waals surface area contributed by atoms with Crippen LogP contribution in [0.4, 0.5) is 0 Å². The van der Waals surface area contributed by atoms with Crippen LogP contribution in [0.2, 0.25) is 0 Å². The lowest BCUT2D eigenvalue weighted by Gasteiger charge is -2.45. The number of carbonyl (C=O) groups is 1. The predicted octanol–water partition coefficient (Wildman–Crippen LogP) is 0.909. The summed E-state index contributed by atoms with van der Waals surface area (Å²) in [5, 5.41) is 52.0. The highest BCUT2D eigenvalue weighted by molar-refractivity contribution is 5.71. The van der Waals surface area contributed by atoms with Crippen molar-refractivity contribution < 1.29 is 44.5 Å². The highest BCUT2D eigenvalue weighted by Crippen LogP contribution is 2.38. The molecule has 10 atom stereocenters. The molecule has 2 aliphatic rings. The van der Waals surface area contributed by atoms with Crippen LogP contribution >= 0.6 is 0 Å². The minimum atomic E-state index is -1.68. The summed E-state index contributed by atoms with van der Waals surface area (Å²) in [6.07, 6.45) is -0.365. The number of aliphatic hydroxyl groups is 4. The van der Waals surface area contributed by atoms with Gasteiger partial charge in [0.25, 0.3) is 0 Å². The summed E-state index contributed by atoms with van der Waals surface area (Å²) in [6.45, 7) is 9.42. The normalized spacial score (nSPS) is 39.7. The number of carboxylic acid groups (broad SMARTS) is 1. The second kappa shape index (κ2) is 12.7. The van der Waals surface area contributed by atoms with Gasteiger partial charge in [0.1, 0.15) is 12.0 Å². The van der Waals surface area contributed by atoms with E-state index in [2.05, 4.69) is 0 Å². The van der Waals surface area contributed by atoms with Gasteiger partial charge in [-0.3, -0.25) is 4.79 Å². The first-order valence-electron chi connectivity index (χ1n) is 12.3. The van der Waals surface area contributed by atoms with E-state index in [4.69, 9.17) is 19.9 Å². The first kappa shape index (κ1) is 29.9. The average Bonchev–Trinajstić information content (AvgIpc) is 2.71. The molecular formula is C25H43NO9. The van der Waals surface area contributed by atoms with Gasteiger partial charge in [0.2, 0.25) is 0 Å². The van der Waals surface area contributed by atoms with Crippen molar-refractivity contribution in [2.24, 2.45) is 23.5 Å². The molecule has 10 heteroatoms. The molecular weight excluding hydrogens is 458 g/mol. The Balaban J connectivity index is 2.30. The number of rotatable bonds is 10. The smallest absolute Gasteiger partial charge is 0.311 e. The number of aliphatic carboxylic acids is 1. The largest absolute Gasteiger partial charge is 0.481 e. The fourth-order valence-corrected chi connectivity index (χ4v) is 4.63. The van der Waals surface area contributed by atoms with Crippen molar-refractivity contribution in [1.29, 1.82) is 0 Å². The second-order valence-electron chi connectivity index (χ2n) is 10.5. The molecule has 2 heterocycles. The first-order chi connectivity index (χ1) is 16.2. The number of hydrogen-bond donors (Lipinski definition) is 6. The summed E-state index contributed by atoms with van der Waals surface area (Å²) in [7, 11) is 0. The summed E-state index contributed by atoms with van der Waals surface area (Å²) in [4.78, 5) is 12.0. The summed E-state index contributed by atoms with van der Waals surface area (Å²) in [6, 6.07) is -0.995. The molecule has 35 heavy (non-hydrogen) atoms. The quantitative estimate of drug-likeness (QED) is 0.236. The number of nitrogens with two attached hydrogens (primary N) is 1. The number of hydrogen-bond acceptors (Lipinski definition) is 9. The standard InChI is InChI=1S/C25H43NO9/c1-13(2)8-6-7-9-16(34-24-22(29)20(26)21(28)15(5)33-24)10-18-19(23(30)31)17(27)12-25(32,35-18)11-14(3)4/h6-9,13-22,24,27-29,32H,10-12,26H2,1-5H3,(H,30,31)/b8-6+,9-7+/t15-,16+,17+,18+,19-,20+,21-,22+,24+,25-/m1/s1. The van der Waals surface area contributed by atoms with Gasteiger partial charge in [-0.15, -0.1) is 0 Å². The molecule has 2 rings (SSSR count). The van der Waals surface area contributed by atoms with Crippen LogP contribution in [0, 0.1) is 17.8 Å². The maximum atomic E-state index is 12.0. The van der Waals surface area contributed by atoms with Gasteiger partial charge in [-0.1, -0.05) is 52.0 Å². The molecule has 2 aliphatic heterocycles. The molecule has 0 aromatic carbocycles. The number of aliphatic hydroxyl groups excluding tert-OH is 3. The predicted molar refractivity (Wildman–Crippen MR) is 128 cm³/mol. The minimum absolute atomic E-state index is 0.0425. The zero-order valence-corrected chi connectivity index (χ0v) is 21.2. The fourth-order valence-electron chi connectivity index (χ4n) is 4.63. The average molecular weight is 502 g/mol. The summed E-state index contributed by atoms with van der Waals surface area (Å²) in [5.41, 5.74) is 5.92. The van der Waals surface area contributed by atoms with E-state index in [9.17, 15) is 30.3 Å². The van der Waals surface area contributed by atoms with Crippen LogP contribution in [0.15, 0.2) is 24.3 Å². The van der Waals surface area contributed by atoms with Crippen molar-refractivity contribution in [3.63, 3.8) is 0 Å². The molecule has 7 N–H and O–H groups in total. The Morgan fingerprint density at radius 1 is 1.14 bits per heavy atom. The molecule has 0 aromatic rings. The van der Waals surface area contributed by atoms with Crippen LogP contribution in [-0.2, 0) is 19.0 Å². The van der Waals surface area contributed by atoms with Gasteiger partial charge >= 0.3 is 5.97 Å². The summed E-state index contributed by atoms with van der Waals surface area (Å²) < 4.78 is 17.5. The Labute approximate surface area is 207 Å². The lowest BCUT2D eigenvalue weighted by Crippen LogP contribution is -2.61. The lowest BCUT2D eigenvalue weighted by molar-refractivity contribution is -0.305. The molecule has 2 saturated heterocycles. The molecule has 0 radical (unpaired) electrons. The minimum Gasteiger partial charge on any atom is -0.481 e. The van der Waals surface area contributed by atoms with Crippen LogP contribution in [0.5, 0.6) is 0 Å². The van der Waals surface area contributed by atoms with Crippen LogP contribution in [0.25, 0.3) is 0 Å². The third kappa shape index (κ3) is 8.33. The van der Waals surface area contributed by atoms with Gasteiger partial charge in [-0.05, 0) is 18.8 Å². The molecule has 2 fully saturated rings. The van der Waals surface area contributed by atoms with Gasteiger partial charge in [-0.25, -0.2) is 0 Å². The van der Waals surface area contributed by atoms with Crippen molar-refractivity contribution in [3.05, 3.63) is 24.3 Å². The topological polar surface area (TPSA) is 172 Å². The molecule has 0 unspecified atom stereocenters. The van der Waals surface area contributed by atoms with Crippen molar-refractivity contribution in [3.8, 4) is 0 Å². The van der Waals surface area contributed by atoms with E-state index in [1.165, 1.54) is 0 Å². The van der Waals surface area contributed by atoms with E-state index in [1.807, 2.05) is 39.8 Å². The third-order valence-corrected chi connectivity index (χ3v) is 6.33. The number of allylic oxidation sites excluding steroid dienone is 3. The van der Waals surface area contributed by atoms with Crippen molar-refractivity contribution in [2.45, 2.75) is 109 Å². The van der Waals surface area contributed by atoms with E-state index in [0.29, 0.717) is 5.92 Å². The molecule has 0 aromatic heterocycles. The first-order valence-corrected chi connectivity index (χ1v) is 12.3. The van der Waals surface area contributed by atoms with E-state index in [1.54, 1.807) is 19.1 Å². The Hall–Kier alpha value is -1.37. The molecule has 0 bridgehead atoms. The molecule has 10 nitrogen and oxygen atoms in total. The van der Waals surface area contributed by atoms with Crippen molar-refractivity contribution in [1.82, 2.24) is 0 Å². The highest BCUT2D eigenvalue weighted by Gasteiger charge is 2.50. The van der Waals surface area contributed by atoms with Gasteiger partial charge in [0, 0.05) is 19.3 Å². The van der Waals surface area contributed by atoms with E-state index in [-0.39, 0.29) is 25.2 Å². The SMILES string of the molecule is CC(C)/C=C/C=C/[C@@H](C[C@@H]1O[C@](O)(CC(C)C)C[C@H](O)[C@H]1C(=O)O)O[C@@H]1O[C@H](C)[C@@H](O)[C@H](N)[C@@H]1O. The van der Waals surface area contributed by atoms with Gasteiger partial charge in [0.05, 0.1) is 36.6 Å². The highest BCUT2D eigenvalue weighted by atomic mass is 16.7. The third-order valence-electron chi connectivity index (χ3n) is 6.33. The van der Waals surface area contributed by atoms with Gasteiger partial charge in [0.15, 0.2) is 12.1 Å². The Kier molecular flexibility index (Phi) is 10.9. The van der Waals surface area contributed by atoms with Crippen LogP contribution in [-0.4, -0.2) is 86.2 Å². The van der Waals surface area contributed by atoms with Crippen LogP contribution < -0.4 is 5.73 Å². The van der Waals surface area contributed by atoms with Crippen molar-refractivity contribution >= 4 is 5.97 Å². The van der Waals surface area contributed by atoms with Crippen molar-refractivity contribution in [2.75, 3.05) is 0 Å². The second-order valence-corrected chi connectivity index (χ2v) is 10.5. The summed E-state index contributed by atoms with van der Waals surface area (Å²) in [5.74, 6) is -3.86. The Morgan fingerprint density at radius 2 is 1.77 bits per heavy atom. The Bertz CT molecular complexity index is 742. The van der Waals surface area contributed by atoms with Crippen LogP contribution in [0.3, 0.4) is 0 Å².